The minimum atomic E-state index is -0.546. The Labute approximate surface area is 150 Å². The van der Waals surface area contributed by atoms with E-state index in [-0.39, 0.29) is 24.9 Å². The molecule has 0 aliphatic carbocycles. The first-order valence-electron chi connectivity index (χ1n) is 8.28. The number of methoxy groups -OCH3 is 1. The maximum atomic E-state index is 12.6. The molecule has 0 aromatic heterocycles. The Kier molecular flexibility index (Phi) is 5.06. The van der Waals surface area contributed by atoms with Crippen LogP contribution in [0.25, 0.3) is 0 Å². The van der Waals surface area contributed by atoms with E-state index in [4.69, 9.17) is 4.74 Å². The summed E-state index contributed by atoms with van der Waals surface area (Å²) in [7, 11) is 1.54. The van der Waals surface area contributed by atoms with Crippen molar-refractivity contribution in [3.05, 3.63) is 29.8 Å². The average molecular weight is 360 g/mol. The summed E-state index contributed by atoms with van der Waals surface area (Å²) in [5.41, 5.74) is 0.538. The van der Waals surface area contributed by atoms with Gasteiger partial charge < -0.3 is 19.4 Å². The van der Waals surface area contributed by atoms with Gasteiger partial charge in [-0.3, -0.25) is 19.7 Å². The molecule has 0 atom stereocenters. The second-order valence-corrected chi connectivity index (χ2v) is 6.11. The Morgan fingerprint density at radius 2 is 1.81 bits per heavy atom. The van der Waals surface area contributed by atoms with E-state index in [9.17, 15) is 19.2 Å². The maximum absolute atomic E-state index is 12.6. The molecule has 2 heterocycles. The van der Waals surface area contributed by atoms with Crippen LogP contribution in [0, 0.1) is 0 Å². The fraction of sp³-hybridized carbons (Fsp3) is 0.412. The van der Waals surface area contributed by atoms with Crippen molar-refractivity contribution in [1.29, 1.82) is 0 Å². The van der Waals surface area contributed by atoms with Crippen molar-refractivity contribution in [1.82, 2.24) is 20.0 Å². The summed E-state index contributed by atoms with van der Waals surface area (Å²) in [6, 6.07) is 6.39. The molecule has 9 nitrogen and oxygen atoms in total. The summed E-state index contributed by atoms with van der Waals surface area (Å²) in [5, 5.41) is 2.14. The molecule has 2 aliphatic rings. The van der Waals surface area contributed by atoms with Crippen molar-refractivity contribution in [2.45, 2.75) is 0 Å². The SMILES string of the molecule is COc1cccc(C(=O)N2CCN(C(=O)CN3CC(=O)NC3=O)CC2)c1. The molecule has 0 spiro atoms. The monoisotopic (exact) mass is 360 g/mol. The number of hydrogen-bond donors (Lipinski definition) is 1. The van der Waals surface area contributed by atoms with Gasteiger partial charge in [0.1, 0.15) is 18.8 Å². The number of nitrogens with one attached hydrogen (secondary N) is 1. The lowest BCUT2D eigenvalue weighted by atomic mass is 10.1. The Bertz CT molecular complexity index is 742. The molecule has 0 radical (unpaired) electrons. The van der Waals surface area contributed by atoms with Gasteiger partial charge in [0, 0.05) is 31.7 Å². The molecule has 0 saturated carbocycles. The molecule has 9 heteroatoms. The number of rotatable bonds is 4. The zero-order valence-corrected chi connectivity index (χ0v) is 14.4. The summed E-state index contributed by atoms with van der Waals surface area (Å²) in [5.74, 6) is -0.136. The summed E-state index contributed by atoms with van der Waals surface area (Å²) in [6.45, 7) is 1.36. The van der Waals surface area contributed by atoms with Gasteiger partial charge in [-0.15, -0.1) is 0 Å². The molecule has 1 aromatic rings. The number of urea groups is 1. The fourth-order valence-corrected chi connectivity index (χ4v) is 2.97. The molecule has 0 bridgehead atoms. The molecule has 138 valence electrons. The first-order chi connectivity index (χ1) is 12.5. The summed E-state index contributed by atoms with van der Waals surface area (Å²) in [6.07, 6.45) is 0. The molecule has 26 heavy (non-hydrogen) atoms. The van der Waals surface area contributed by atoms with Crippen molar-refractivity contribution in [3.8, 4) is 5.75 Å². The predicted octanol–water partition coefficient (Wildman–Crippen LogP) is -0.469. The van der Waals surface area contributed by atoms with Crippen LogP contribution in [-0.2, 0) is 9.59 Å². The highest BCUT2D eigenvalue weighted by Gasteiger charge is 2.31. The van der Waals surface area contributed by atoms with Gasteiger partial charge in [0.05, 0.1) is 7.11 Å². The number of carbonyl (C=O) groups is 4. The van der Waals surface area contributed by atoms with E-state index in [0.29, 0.717) is 37.5 Å². The molecule has 1 aromatic carbocycles. The van der Waals surface area contributed by atoms with Crippen molar-refractivity contribution in [3.63, 3.8) is 0 Å². The molecule has 1 N–H and O–H groups in total. The normalized spacial score (nSPS) is 17.3. The van der Waals surface area contributed by atoms with Crippen LogP contribution in [0.4, 0.5) is 4.79 Å². The highest BCUT2D eigenvalue weighted by atomic mass is 16.5. The minimum absolute atomic E-state index is 0.0983. The first kappa shape index (κ1) is 17.7. The smallest absolute Gasteiger partial charge is 0.325 e. The van der Waals surface area contributed by atoms with Crippen LogP contribution in [0.15, 0.2) is 24.3 Å². The Balaban J connectivity index is 1.53. The van der Waals surface area contributed by atoms with Crippen LogP contribution in [0.3, 0.4) is 0 Å². The second-order valence-electron chi connectivity index (χ2n) is 6.11. The summed E-state index contributed by atoms with van der Waals surface area (Å²) in [4.78, 5) is 52.0. The molecular formula is C17H20N4O5. The van der Waals surface area contributed by atoms with Gasteiger partial charge in [0.15, 0.2) is 0 Å². The van der Waals surface area contributed by atoms with Gasteiger partial charge in [-0.05, 0) is 18.2 Å². The number of benzene rings is 1. The van der Waals surface area contributed by atoms with Crippen molar-refractivity contribution < 1.29 is 23.9 Å². The third-order valence-corrected chi connectivity index (χ3v) is 4.43. The molecule has 2 saturated heterocycles. The van der Waals surface area contributed by atoms with Crippen LogP contribution in [0.5, 0.6) is 5.75 Å². The number of amides is 5. The lowest BCUT2D eigenvalue weighted by Gasteiger charge is -2.35. The average Bonchev–Trinajstić information content (AvgIpc) is 2.98. The quantitative estimate of drug-likeness (QED) is 0.732. The molecule has 0 unspecified atom stereocenters. The third kappa shape index (κ3) is 3.76. The number of nitrogens with zero attached hydrogens (tertiary/aromatic N) is 3. The second kappa shape index (κ2) is 7.42. The Morgan fingerprint density at radius 1 is 1.12 bits per heavy atom. The van der Waals surface area contributed by atoms with E-state index >= 15 is 0 Å². The fourth-order valence-electron chi connectivity index (χ4n) is 2.97. The zero-order chi connectivity index (χ0) is 18.7. The van der Waals surface area contributed by atoms with Gasteiger partial charge in [-0.25, -0.2) is 4.79 Å². The maximum Gasteiger partial charge on any atom is 0.325 e. The standard InChI is InChI=1S/C17H20N4O5/c1-26-13-4-2-3-12(9-13)16(24)20-7-5-19(6-8-20)15(23)11-21-10-14(22)18-17(21)25/h2-4,9H,5-8,10-11H2,1H3,(H,18,22,25). The van der Waals surface area contributed by atoms with Gasteiger partial charge in [0.2, 0.25) is 11.8 Å². The van der Waals surface area contributed by atoms with E-state index < -0.39 is 11.9 Å². The lowest BCUT2D eigenvalue weighted by molar-refractivity contribution is -0.133. The van der Waals surface area contributed by atoms with Crippen molar-refractivity contribution >= 4 is 23.8 Å². The van der Waals surface area contributed by atoms with Gasteiger partial charge in [-0.1, -0.05) is 6.07 Å². The number of piperazine rings is 1. The van der Waals surface area contributed by atoms with E-state index in [1.807, 2.05) is 0 Å². The molecule has 5 amide bonds. The van der Waals surface area contributed by atoms with E-state index in [1.165, 1.54) is 4.90 Å². The van der Waals surface area contributed by atoms with Crippen LogP contribution in [0.1, 0.15) is 10.4 Å². The number of carbonyl (C=O) groups excluding carboxylic acids is 4. The van der Waals surface area contributed by atoms with E-state index in [2.05, 4.69) is 5.32 Å². The molecular weight excluding hydrogens is 340 g/mol. The van der Waals surface area contributed by atoms with Crippen LogP contribution >= 0.6 is 0 Å². The Morgan fingerprint density at radius 3 is 2.42 bits per heavy atom. The minimum Gasteiger partial charge on any atom is -0.497 e. The molecule has 3 rings (SSSR count). The first-order valence-corrected chi connectivity index (χ1v) is 8.28. The van der Waals surface area contributed by atoms with Crippen LogP contribution in [0.2, 0.25) is 0 Å². The molecule has 2 aliphatic heterocycles. The van der Waals surface area contributed by atoms with Gasteiger partial charge in [-0.2, -0.15) is 0 Å². The van der Waals surface area contributed by atoms with E-state index in [1.54, 1.807) is 41.2 Å². The highest BCUT2D eigenvalue weighted by molar-refractivity contribution is 6.03. The number of imide groups is 1. The van der Waals surface area contributed by atoms with Crippen LogP contribution in [-0.4, -0.2) is 84.8 Å². The van der Waals surface area contributed by atoms with Crippen molar-refractivity contribution in [2.24, 2.45) is 0 Å². The van der Waals surface area contributed by atoms with Gasteiger partial charge in [0.25, 0.3) is 5.91 Å². The lowest BCUT2D eigenvalue weighted by Crippen LogP contribution is -2.52. The number of hydrogen-bond acceptors (Lipinski definition) is 5. The summed E-state index contributed by atoms with van der Waals surface area (Å²) >= 11 is 0. The molecule has 2 fully saturated rings. The van der Waals surface area contributed by atoms with E-state index in [0.717, 1.165) is 0 Å². The highest BCUT2D eigenvalue weighted by Crippen LogP contribution is 2.15. The zero-order valence-electron chi connectivity index (χ0n) is 14.4. The number of ether oxygens (including phenoxy) is 1. The Hall–Kier alpha value is -3.10. The topological polar surface area (TPSA) is 99.3 Å². The largest absolute Gasteiger partial charge is 0.497 e. The van der Waals surface area contributed by atoms with Crippen molar-refractivity contribution in [2.75, 3.05) is 46.4 Å². The predicted molar refractivity (Wildman–Crippen MR) is 90.6 cm³/mol. The van der Waals surface area contributed by atoms with Crippen LogP contribution < -0.4 is 10.1 Å². The summed E-state index contributed by atoms with van der Waals surface area (Å²) < 4.78 is 5.14. The van der Waals surface area contributed by atoms with Gasteiger partial charge >= 0.3 is 6.03 Å². The third-order valence-electron chi connectivity index (χ3n) is 4.43.